The third-order valence-electron chi connectivity index (χ3n) is 4.63. The number of nitrogens with one attached hydrogen (secondary N) is 1. The number of carbonyl (C=O) groups excluding carboxylic acids is 1. The summed E-state index contributed by atoms with van der Waals surface area (Å²) in [5.74, 6) is 0.115. The van der Waals surface area contributed by atoms with Gasteiger partial charge in [-0.2, -0.15) is 0 Å². The molecule has 0 radical (unpaired) electrons. The number of rotatable bonds is 3. The van der Waals surface area contributed by atoms with Gasteiger partial charge in [0.2, 0.25) is 0 Å². The molecule has 2 atom stereocenters. The number of amides is 2. The fourth-order valence-corrected chi connectivity index (χ4v) is 4.75. The van der Waals surface area contributed by atoms with E-state index >= 15 is 0 Å². The molecular formula is C14H23N3O3S. The van der Waals surface area contributed by atoms with Crippen LogP contribution in [0.3, 0.4) is 0 Å². The fourth-order valence-electron chi connectivity index (χ4n) is 3.12. The third-order valence-corrected chi connectivity index (χ3v) is 6.09. The zero-order chi connectivity index (χ0) is 15.0. The van der Waals surface area contributed by atoms with Crippen molar-refractivity contribution in [2.45, 2.75) is 43.1 Å². The van der Waals surface area contributed by atoms with Crippen LogP contribution in [0, 0.1) is 5.92 Å². The summed E-state index contributed by atoms with van der Waals surface area (Å²) in [5, 5.41) is 12.5. The first-order valence-corrected chi connectivity index (χ1v) is 8.73. The van der Waals surface area contributed by atoms with Crippen LogP contribution in [0.5, 0.6) is 0 Å². The van der Waals surface area contributed by atoms with Gasteiger partial charge in [0.25, 0.3) is 0 Å². The molecule has 0 aromatic carbocycles. The van der Waals surface area contributed by atoms with Crippen LogP contribution in [-0.4, -0.2) is 70.3 Å². The number of carboxylic acids is 1. The van der Waals surface area contributed by atoms with E-state index in [0.29, 0.717) is 11.7 Å². The minimum Gasteiger partial charge on any atom is -0.480 e. The van der Waals surface area contributed by atoms with Gasteiger partial charge in [-0.3, -0.25) is 4.90 Å². The molecule has 3 aliphatic rings. The predicted octanol–water partition coefficient (Wildman–Crippen LogP) is 1.03. The van der Waals surface area contributed by atoms with Gasteiger partial charge in [-0.25, -0.2) is 9.59 Å². The maximum absolute atomic E-state index is 12.6. The Morgan fingerprint density at radius 1 is 1.19 bits per heavy atom. The van der Waals surface area contributed by atoms with Crippen molar-refractivity contribution >= 4 is 23.8 Å². The van der Waals surface area contributed by atoms with Crippen LogP contribution in [-0.2, 0) is 4.79 Å². The van der Waals surface area contributed by atoms with E-state index in [4.69, 9.17) is 0 Å². The monoisotopic (exact) mass is 313 g/mol. The zero-order valence-electron chi connectivity index (χ0n) is 12.3. The van der Waals surface area contributed by atoms with Gasteiger partial charge in [0.05, 0.1) is 5.37 Å². The van der Waals surface area contributed by atoms with Crippen molar-refractivity contribution in [2.75, 3.05) is 25.9 Å². The van der Waals surface area contributed by atoms with Crippen molar-refractivity contribution < 1.29 is 14.7 Å². The fraction of sp³-hybridized carbons (Fsp3) is 0.857. The highest BCUT2D eigenvalue weighted by Crippen LogP contribution is 2.45. The lowest BCUT2D eigenvalue weighted by Gasteiger charge is -2.33. The van der Waals surface area contributed by atoms with Crippen LogP contribution in [0.1, 0.15) is 25.7 Å². The molecular weight excluding hydrogens is 290 g/mol. The highest BCUT2D eigenvalue weighted by Gasteiger charge is 2.48. The normalized spacial score (nSPS) is 31.4. The standard InChI is InChI=1S/C14H23N3O3S/c1-16-6-4-10(5-7-16)15-14(20)17-11(13(18)19)8-21-12(17)9-2-3-9/h9-12H,2-8H2,1H3,(H,15,20)(H,18,19). The van der Waals surface area contributed by atoms with Crippen molar-refractivity contribution in [1.29, 1.82) is 0 Å². The number of hydrogen-bond donors (Lipinski definition) is 2. The Labute approximate surface area is 129 Å². The van der Waals surface area contributed by atoms with E-state index in [1.165, 1.54) is 0 Å². The van der Waals surface area contributed by atoms with Gasteiger partial charge < -0.3 is 15.3 Å². The minimum atomic E-state index is -0.885. The number of aliphatic carboxylic acids is 1. The molecule has 0 bridgehead atoms. The van der Waals surface area contributed by atoms with Crippen LogP contribution < -0.4 is 5.32 Å². The summed E-state index contributed by atoms with van der Waals surface area (Å²) >= 11 is 1.62. The maximum Gasteiger partial charge on any atom is 0.327 e. The Bertz CT molecular complexity index is 422. The first kappa shape index (κ1) is 15.0. The van der Waals surface area contributed by atoms with Gasteiger partial charge in [0.1, 0.15) is 6.04 Å². The largest absolute Gasteiger partial charge is 0.480 e. The first-order chi connectivity index (χ1) is 10.1. The van der Waals surface area contributed by atoms with Gasteiger partial charge in [-0.05, 0) is 51.7 Å². The molecule has 0 aromatic heterocycles. The summed E-state index contributed by atoms with van der Waals surface area (Å²) in [6.07, 6.45) is 4.11. The summed E-state index contributed by atoms with van der Waals surface area (Å²) in [4.78, 5) is 27.8. The number of hydrogen-bond acceptors (Lipinski definition) is 4. The van der Waals surface area contributed by atoms with Crippen LogP contribution in [0.2, 0.25) is 0 Å². The highest BCUT2D eigenvalue weighted by atomic mass is 32.2. The lowest BCUT2D eigenvalue weighted by atomic mass is 10.1. The number of urea groups is 1. The molecule has 2 unspecified atom stereocenters. The van der Waals surface area contributed by atoms with Gasteiger partial charge in [-0.15, -0.1) is 11.8 Å². The summed E-state index contributed by atoms with van der Waals surface area (Å²) in [6.45, 7) is 1.96. The van der Waals surface area contributed by atoms with Crippen LogP contribution >= 0.6 is 11.8 Å². The molecule has 7 heteroatoms. The Kier molecular flexibility index (Phi) is 4.31. The number of thioether (sulfide) groups is 1. The SMILES string of the molecule is CN1CCC(NC(=O)N2C(C(=O)O)CSC2C2CC2)CC1. The smallest absolute Gasteiger partial charge is 0.327 e. The molecule has 2 aliphatic heterocycles. The first-order valence-electron chi connectivity index (χ1n) is 7.68. The average Bonchev–Trinajstić information content (AvgIpc) is 3.19. The van der Waals surface area contributed by atoms with E-state index in [-0.39, 0.29) is 17.4 Å². The van der Waals surface area contributed by atoms with Crippen molar-refractivity contribution in [3.8, 4) is 0 Å². The predicted molar refractivity (Wildman–Crippen MR) is 81.3 cm³/mol. The Morgan fingerprint density at radius 3 is 2.43 bits per heavy atom. The van der Waals surface area contributed by atoms with Gasteiger partial charge in [0, 0.05) is 11.8 Å². The summed E-state index contributed by atoms with van der Waals surface area (Å²) in [5.41, 5.74) is 0. The number of carboxylic acid groups (broad SMARTS) is 1. The summed E-state index contributed by atoms with van der Waals surface area (Å²) in [6, 6.07) is -0.681. The quantitative estimate of drug-likeness (QED) is 0.814. The van der Waals surface area contributed by atoms with E-state index in [9.17, 15) is 14.7 Å². The second-order valence-corrected chi connectivity index (χ2v) is 7.50. The second-order valence-electron chi connectivity index (χ2n) is 6.35. The number of carbonyl (C=O) groups is 2. The Balaban J connectivity index is 1.63. The molecule has 3 rings (SSSR count). The highest BCUT2D eigenvalue weighted by molar-refractivity contribution is 8.00. The van der Waals surface area contributed by atoms with Crippen LogP contribution in [0.15, 0.2) is 0 Å². The summed E-state index contributed by atoms with van der Waals surface area (Å²) in [7, 11) is 2.08. The molecule has 6 nitrogen and oxygen atoms in total. The lowest BCUT2D eigenvalue weighted by molar-refractivity contribution is -0.141. The molecule has 2 amide bonds. The molecule has 0 spiro atoms. The van der Waals surface area contributed by atoms with Gasteiger partial charge >= 0.3 is 12.0 Å². The zero-order valence-corrected chi connectivity index (χ0v) is 13.1. The average molecular weight is 313 g/mol. The van der Waals surface area contributed by atoms with Crippen molar-refractivity contribution in [1.82, 2.24) is 15.1 Å². The minimum absolute atomic E-state index is 0.0531. The van der Waals surface area contributed by atoms with E-state index < -0.39 is 12.0 Å². The molecule has 21 heavy (non-hydrogen) atoms. The maximum atomic E-state index is 12.6. The Morgan fingerprint density at radius 2 is 1.86 bits per heavy atom. The van der Waals surface area contributed by atoms with E-state index in [0.717, 1.165) is 38.8 Å². The molecule has 3 fully saturated rings. The Hall–Kier alpha value is -0.950. The van der Waals surface area contributed by atoms with Crippen molar-refractivity contribution in [3.63, 3.8) is 0 Å². The lowest BCUT2D eigenvalue weighted by Crippen LogP contribution is -2.54. The topological polar surface area (TPSA) is 72.9 Å². The molecule has 2 heterocycles. The molecule has 2 saturated heterocycles. The van der Waals surface area contributed by atoms with Crippen LogP contribution in [0.25, 0.3) is 0 Å². The number of nitrogens with zero attached hydrogens (tertiary/aromatic N) is 2. The molecule has 1 saturated carbocycles. The van der Waals surface area contributed by atoms with Crippen LogP contribution in [0.4, 0.5) is 4.79 Å². The molecule has 118 valence electrons. The molecule has 2 N–H and O–H groups in total. The summed E-state index contributed by atoms with van der Waals surface area (Å²) < 4.78 is 0. The number of likely N-dealkylation sites (tertiary alicyclic amines) is 1. The van der Waals surface area contributed by atoms with Crippen molar-refractivity contribution in [2.24, 2.45) is 5.92 Å². The third kappa shape index (κ3) is 3.29. The van der Waals surface area contributed by atoms with Gasteiger partial charge in [-0.1, -0.05) is 0 Å². The van der Waals surface area contributed by atoms with Gasteiger partial charge in [0.15, 0.2) is 0 Å². The molecule has 0 aromatic rings. The van der Waals surface area contributed by atoms with E-state index in [1.54, 1.807) is 16.7 Å². The number of piperidine rings is 1. The van der Waals surface area contributed by atoms with E-state index in [1.807, 2.05) is 0 Å². The van der Waals surface area contributed by atoms with Crippen molar-refractivity contribution in [3.05, 3.63) is 0 Å². The molecule has 1 aliphatic carbocycles. The second kappa shape index (κ2) is 6.04. The van der Waals surface area contributed by atoms with E-state index in [2.05, 4.69) is 17.3 Å².